The number of rotatable bonds is 8. The Morgan fingerprint density at radius 2 is 1.83 bits per heavy atom. The molecule has 0 amide bonds. The molecule has 1 saturated carbocycles. The Morgan fingerprint density at radius 1 is 1.12 bits per heavy atom. The van der Waals surface area contributed by atoms with E-state index in [1.807, 2.05) is 0 Å². The molecule has 0 aromatic rings. The van der Waals surface area contributed by atoms with Gasteiger partial charge in [0.15, 0.2) is 5.96 Å². The second-order valence-corrected chi connectivity index (χ2v) is 7.50. The van der Waals surface area contributed by atoms with Crippen molar-refractivity contribution >= 4 is 29.9 Å². The molecule has 1 aliphatic carbocycles. The third-order valence-electron chi connectivity index (χ3n) is 6.08. The van der Waals surface area contributed by atoms with E-state index in [0.717, 1.165) is 31.5 Å². The minimum atomic E-state index is 0. The van der Waals surface area contributed by atoms with Crippen LogP contribution in [0.15, 0.2) is 4.99 Å². The molecule has 2 N–H and O–H groups in total. The monoisotopic (exact) mass is 450 g/mol. The van der Waals surface area contributed by atoms with Crippen LogP contribution in [-0.2, 0) is 0 Å². The van der Waals surface area contributed by atoms with E-state index in [0.29, 0.717) is 5.41 Å². The summed E-state index contributed by atoms with van der Waals surface area (Å²) in [5, 5.41) is 6.98. The largest absolute Gasteiger partial charge is 0.357 e. The van der Waals surface area contributed by atoms with Gasteiger partial charge in [0.2, 0.25) is 0 Å². The maximum atomic E-state index is 4.87. The van der Waals surface area contributed by atoms with Gasteiger partial charge in [-0.1, -0.05) is 20.3 Å². The summed E-state index contributed by atoms with van der Waals surface area (Å²) in [4.78, 5) is 7.44. The fraction of sp³-hybridized carbons (Fsp3) is 0.947. The first kappa shape index (κ1) is 22.0. The molecule has 2 aliphatic rings. The molecular weight excluding hydrogens is 411 g/mol. The van der Waals surface area contributed by atoms with E-state index in [1.165, 1.54) is 64.6 Å². The van der Waals surface area contributed by atoms with Gasteiger partial charge in [-0.2, -0.15) is 0 Å². The SMILES string of the molecule is CCNC(=NCC1(CC)CCC1)NCCC1CCN(CC)CC1.I. The van der Waals surface area contributed by atoms with Crippen LogP contribution < -0.4 is 10.6 Å². The topological polar surface area (TPSA) is 39.7 Å². The van der Waals surface area contributed by atoms with E-state index in [4.69, 9.17) is 4.99 Å². The molecule has 0 aromatic heterocycles. The number of piperidine rings is 1. The van der Waals surface area contributed by atoms with E-state index >= 15 is 0 Å². The average molecular weight is 450 g/mol. The number of hydrogen-bond donors (Lipinski definition) is 2. The molecule has 0 bridgehead atoms. The van der Waals surface area contributed by atoms with Crippen molar-refractivity contribution in [3.05, 3.63) is 0 Å². The van der Waals surface area contributed by atoms with Crippen LogP contribution in [0.4, 0.5) is 0 Å². The smallest absolute Gasteiger partial charge is 0.191 e. The predicted octanol–water partition coefficient (Wildman–Crippen LogP) is 3.86. The highest BCUT2D eigenvalue weighted by Crippen LogP contribution is 2.43. The summed E-state index contributed by atoms with van der Waals surface area (Å²) in [5.41, 5.74) is 0.509. The van der Waals surface area contributed by atoms with Gasteiger partial charge in [-0.15, -0.1) is 24.0 Å². The Balaban J connectivity index is 0.00000288. The molecule has 2 rings (SSSR count). The summed E-state index contributed by atoms with van der Waals surface area (Å²) >= 11 is 0. The first-order chi connectivity index (χ1) is 11.2. The molecule has 2 fully saturated rings. The zero-order chi connectivity index (χ0) is 16.5. The molecule has 1 heterocycles. The maximum Gasteiger partial charge on any atom is 0.191 e. The van der Waals surface area contributed by atoms with Gasteiger partial charge in [-0.3, -0.25) is 4.99 Å². The summed E-state index contributed by atoms with van der Waals surface area (Å²) < 4.78 is 0. The van der Waals surface area contributed by atoms with Crippen molar-refractivity contribution in [2.75, 3.05) is 39.3 Å². The van der Waals surface area contributed by atoms with Crippen molar-refractivity contribution < 1.29 is 0 Å². The summed E-state index contributed by atoms with van der Waals surface area (Å²) in [6, 6.07) is 0. The average Bonchev–Trinajstić information content (AvgIpc) is 2.55. The number of halogens is 1. The number of aliphatic imine (C=N–C) groups is 1. The Kier molecular flexibility index (Phi) is 10.6. The lowest BCUT2D eigenvalue weighted by Gasteiger charge is -2.40. The van der Waals surface area contributed by atoms with E-state index in [9.17, 15) is 0 Å². The van der Waals surface area contributed by atoms with Crippen LogP contribution in [0.5, 0.6) is 0 Å². The van der Waals surface area contributed by atoms with Crippen LogP contribution in [-0.4, -0.2) is 50.1 Å². The number of guanidine groups is 1. The van der Waals surface area contributed by atoms with Gasteiger partial charge in [0.05, 0.1) is 0 Å². The summed E-state index contributed by atoms with van der Waals surface area (Å²) in [7, 11) is 0. The molecule has 1 saturated heterocycles. The van der Waals surface area contributed by atoms with E-state index < -0.39 is 0 Å². The first-order valence-corrected chi connectivity index (χ1v) is 9.96. The number of likely N-dealkylation sites (tertiary alicyclic amines) is 1. The zero-order valence-corrected chi connectivity index (χ0v) is 18.4. The lowest BCUT2D eigenvalue weighted by Crippen LogP contribution is -2.41. The van der Waals surface area contributed by atoms with Gasteiger partial charge < -0.3 is 15.5 Å². The number of nitrogens with one attached hydrogen (secondary N) is 2. The van der Waals surface area contributed by atoms with E-state index in [2.05, 4.69) is 36.3 Å². The van der Waals surface area contributed by atoms with Crippen LogP contribution >= 0.6 is 24.0 Å². The molecule has 0 spiro atoms. The molecule has 142 valence electrons. The second-order valence-electron chi connectivity index (χ2n) is 7.50. The van der Waals surface area contributed by atoms with Gasteiger partial charge in [-0.05, 0) is 76.4 Å². The first-order valence-electron chi connectivity index (χ1n) is 9.96. The molecule has 0 unspecified atom stereocenters. The Hall–Kier alpha value is -0.0400. The molecular formula is C19H39IN4. The highest BCUT2D eigenvalue weighted by molar-refractivity contribution is 14.0. The van der Waals surface area contributed by atoms with Gasteiger partial charge in [0.1, 0.15) is 0 Å². The summed E-state index contributed by atoms with van der Waals surface area (Å²) in [6.45, 7) is 13.5. The molecule has 24 heavy (non-hydrogen) atoms. The third-order valence-corrected chi connectivity index (χ3v) is 6.08. The summed E-state index contributed by atoms with van der Waals surface area (Å²) in [5.74, 6) is 1.92. The van der Waals surface area contributed by atoms with Crippen LogP contribution in [0.25, 0.3) is 0 Å². The maximum absolute atomic E-state index is 4.87. The fourth-order valence-electron chi connectivity index (χ4n) is 3.87. The van der Waals surface area contributed by atoms with Gasteiger partial charge in [0, 0.05) is 19.6 Å². The normalized spacial score (nSPS) is 21.7. The fourth-order valence-corrected chi connectivity index (χ4v) is 3.87. The minimum absolute atomic E-state index is 0. The lowest BCUT2D eigenvalue weighted by molar-refractivity contribution is 0.139. The molecule has 5 heteroatoms. The van der Waals surface area contributed by atoms with Crippen molar-refractivity contribution in [2.45, 2.75) is 65.7 Å². The molecule has 0 aromatic carbocycles. The van der Waals surface area contributed by atoms with Gasteiger partial charge in [-0.25, -0.2) is 0 Å². The Labute approximate surface area is 166 Å². The van der Waals surface area contributed by atoms with Crippen LogP contribution in [0.3, 0.4) is 0 Å². The third kappa shape index (κ3) is 6.70. The molecule has 0 radical (unpaired) electrons. The summed E-state index contributed by atoms with van der Waals surface area (Å²) in [6.07, 6.45) is 9.39. The standard InChI is InChI=1S/C19H38N4.HI/c1-4-19(11-7-12-19)16-22-18(20-5-2)21-13-8-17-9-14-23(6-3)15-10-17;/h17H,4-16H2,1-3H3,(H2,20,21,22);1H. The van der Waals surface area contributed by atoms with Crippen LogP contribution in [0.1, 0.15) is 65.7 Å². The second kappa shape index (κ2) is 11.6. The predicted molar refractivity (Wildman–Crippen MR) is 115 cm³/mol. The van der Waals surface area contributed by atoms with E-state index in [-0.39, 0.29) is 24.0 Å². The van der Waals surface area contributed by atoms with Gasteiger partial charge in [0.25, 0.3) is 0 Å². The number of nitrogens with zero attached hydrogens (tertiary/aromatic N) is 2. The lowest BCUT2D eigenvalue weighted by atomic mass is 9.67. The van der Waals surface area contributed by atoms with E-state index in [1.54, 1.807) is 0 Å². The molecule has 0 atom stereocenters. The minimum Gasteiger partial charge on any atom is -0.357 e. The highest BCUT2D eigenvalue weighted by Gasteiger charge is 2.34. The van der Waals surface area contributed by atoms with Crippen LogP contribution in [0, 0.1) is 11.3 Å². The Bertz CT molecular complexity index is 355. The zero-order valence-electron chi connectivity index (χ0n) is 16.1. The number of hydrogen-bond acceptors (Lipinski definition) is 2. The highest BCUT2D eigenvalue weighted by atomic mass is 127. The van der Waals surface area contributed by atoms with Crippen molar-refractivity contribution in [3.63, 3.8) is 0 Å². The Morgan fingerprint density at radius 3 is 2.33 bits per heavy atom. The molecule has 1 aliphatic heterocycles. The van der Waals surface area contributed by atoms with Gasteiger partial charge >= 0.3 is 0 Å². The van der Waals surface area contributed by atoms with Crippen molar-refractivity contribution in [1.82, 2.24) is 15.5 Å². The van der Waals surface area contributed by atoms with Crippen molar-refractivity contribution in [1.29, 1.82) is 0 Å². The molecule has 4 nitrogen and oxygen atoms in total. The van der Waals surface area contributed by atoms with Crippen molar-refractivity contribution in [2.24, 2.45) is 16.3 Å². The quantitative estimate of drug-likeness (QED) is 0.335. The van der Waals surface area contributed by atoms with Crippen molar-refractivity contribution in [3.8, 4) is 0 Å². The van der Waals surface area contributed by atoms with Crippen LogP contribution in [0.2, 0.25) is 0 Å².